The van der Waals surface area contributed by atoms with Crippen molar-refractivity contribution >= 4 is 17.4 Å². The van der Waals surface area contributed by atoms with Gasteiger partial charge in [0.2, 0.25) is 0 Å². The van der Waals surface area contributed by atoms with Crippen molar-refractivity contribution in [3.05, 3.63) is 22.8 Å². The van der Waals surface area contributed by atoms with Crippen LogP contribution in [-0.4, -0.2) is 23.2 Å². The van der Waals surface area contributed by atoms with Crippen LogP contribution in [0.3, 0.4) is 0 Å². The van der Waals surface area contributed by atoms with Crippen LogP contribution in [0.1, 0.15) is 19.4 Å². The van der Waals surface area contributed by atoms with Crippen LogP contribution in [0, 0.1) is 11.8 Å². The van der Waals surface area contributed by atoms with Gasteiger partial charge in [-0.2, -0.15) is 0 Å². The fraction of sp³-hybridized carbons (Fsp3) is 0.583. The molecule has 0 amide bonds. The Morgan fingerprint density at radius 2 is 2.06 bits per heavy atom. The van der Waals surface area contributed by atoms with Crippen molar-refractivity contribution < 1.29 is 5.11 Å². The predicted molar refractivity (Wildman–Crippen MR) is 65.7 cm³/mol. The van der Waals surface area contributed by atoms with Gasteiger partial charge in [-0.1, -0.05) is 25.4 Å². The minimum absolute atomic E-state index is 0.0141. The Balaban J connectivity index is 2.22. The molecule has 1 aliphatic heterocycles. The highest BCUT2D eigenvalue weighted by atomic mass is 35.5. The monoisotopic (exact) mass is 240 g/mol. The molecule has 0 saturated carbocycles. The number of hydrogen-bond acceptors (Lipinski definition) is 3. The molecule has 2 unspecified atom stereocenters. The summed E-state index contributed by atoms with van der Waals surface area (Å²) in [5, 5.41) is 9.62. The second kappa shape index (κ2) is 4.60. The van der Waals surface area contributed by atoms with Gasteiger partial charge in [-0.25, -0.2) is 4.98 Å². The van der Waals surface area contributed by atoms with E-state index in [9.17, 15) is 0 Å². The maximum Gasteiger partial charge on any atom is 0.147 e. The highest BCUT2D eigenvalue weighted by Gasteiger charge is 2.27. The number of halogens is 1. The Hall–Kier alpha value is -0.800. The van der Waals surface area contributed by atoms with Crippen LogP contribution in [0.4, 0.5) is 5.82 Å². The summed E-state index contributed by atoms with van der Waals surface area (Å²) in [6, 6.07) is 1.79. The lowest BCUT2D eigenvalue weighted by molar-refractivity contribution is 0.281. The molecular formula is C12H17ClN2O. The molecule has 2 rings (SSSR count). The molecule has 1 fully saturated rings. The van der Waals surface area contributed by atoms with Crippen molar-refractivity contribution in [3.8, 4) is 0 Å². The molecule has 2 heterocycles. The molecule has 0 radical (unpaired) electrons. The number of hydrogen-bond donors (Lipinski definition) is 1. The third-order valence-corrected chi connectivity index (χ3v) is 3.63. The number of aliphatic hydroxyl groups excluding tert-OH is 1. The van der Waals surface area contributed by atoms with Gasteiger partial charge < -0.3 is 10.0 Å². The number of pyridine rings is 1. The third-order valence-electron chi connectivity index (χ3n) is 3.35. The normalized spacial score (nSPS) is 25.1. The number of aromatic nitrogens is 1. The van der Waals surface area contributed by atoms with Gasteiger partial charge in [-0.15, -0.1) is 0 Å². The average Bonchev–Trinajstić information content (AvgIpc) is 2.58. The van der Waals surface area contributed by atoms with Crippen LogP contribution in [0.25, 0.3) is 0 Å². The standard InChI is InChI=1S/C12H17ClN2O/c1-8-5-15(6-9(8)2)12-11(13)3-10(7-16)4-14-12/h3-4,8-9,16H,5-7H2,1-2H3. The molecule has 0 spiro atoms. The van der Waals surface area contributed by atoms with Crippen LogP contribution in [-0.2, 0) is 6.61 Å². The van der Waals surface area contributed by atoms with Gasteiger partial charge in [0.25, 0.3) is 0 Å². The fourth-order valence-electron chi connectivity index (χ4n) is 2.09. The summed E-state index contributed by atoms with van der Waals surface area (Å²) in [5.41, 5.74) is 0.758. The van der Waals surface area contributed by atoms with E-state index in [1.165, 1.54) is 0 Å². The Labute approximate surface area is 101 Å². The lowest BCUT2D eigenvalue weighted by atomic mass is 10.0. The first-order chi connectivity index (χ1) is 7.61. The summed E-state index contributed by atoms with van der Waals surface area (Å²) < 4.78 is 0. The SMILES string of the molecule is CC1CN(c2ncc(CO)cc2Cl)CC1C. The molecule has 0 aliphatic carbocycles. The molecule has 4 heteroatoms. The van der Waals surface area contributed by atoms with Crippen molar-refractivity contribution in [2.75, 3.05) is 18.0 Å². The van der Waals surface area contributed by atoms with E-state index >= 15 is 0 Å². The largest absolute Gasteiger partial charge is 0.392 e. The van der Waals surface area contributed by atoms with Crippen LogP contribution in [0.2, 0.25) is 5.02 Å². The molecule has 3 nitrogen and oxygen atoms in total. The first-order valence-corrected chi connectivity index (χ1v) is 6.00. The summed E-state index contributed by atoms with van der Waals surface area (Å²) in [7, 11) is 0. The molecule has 1 aromatic rings. The number of nitrogens with zero attached hydrogens (tertiary/aromatic N) is 2. The van der Waals surface area contributed by atoms with E-state index in [-0.39, 0.29) is 6.61 Å². The van der Waals surface area contributed by atoms with Crippen molar-refractivity contribution in [2.24, 2.45) is 11.8 Å². The van der Waals surface area contributed by atoms with Crippen LogP contribution in [0.5, 0.6) is 0 Å². The second-order valence-electron chi connectivity index (χ2n) is 4.67. The first-order valence-electron chi connectivity index (χ1n) is 5.62. The first kappa shape index (κ1) is 11.7. The maximum atomic E-state index is 8.99. The third kappa shape index (κ3) is 2.15. The van der Waals surface area contributed by atoms with E-state index in [0.29, 0.717) is 16.9 Å². The van der Waals surface area contributed by atoms with E-state index in [1.807, 2.05) is 0 Å². The lowest BCUT2D eigenvalue weighted by Crippen LogP contribution is -2.21. The summed E-state index contributed by atoms with van der Waals surface area (Å²) in [4.78, 5) is 6.55. The smallest absolute Gasteiger partial charge is 0.147 e. The average molecular weight is 241 g/mol. The molecular weight excluding hydrogens is 224 g/mol. The van der Waals surface area contributed by atoms with E-state index in [1.54, 1.807) is 12.3 Å². The molecule has 1 saturated heterocycles. The van der Waals surface area contributed by atoms with Gasteiger partial charge in [0, 0.05) is 19.3 Å². The maximum absolute atomic E-state index is 8.99. The van der Waals surface area contributed by atoms with Gasteiger partial charge in [0.15, 0.2) is 0 Å². The minimum Gasteiger partial charge on any atom is -0.392 e. The van der Waals surface area contributed by atoms with Crippen molar-refractivity contribution in [1.29, 1.82) is 0 Å². The van der Waals surface area contributed by atoms with Crippen LogP contribution in [0.15, 0.2) is 12.3 Å². The topological polar surface area (TPSA) is 36.4 Å². The number of anilines is 1. The van der Waals surface area contributed by atoms with Crippen molar-refractivity contribution in [1.82, 2.24) is 4.98 Å². The molecule has 1 N–H and O–H groups in total. The Bertz CT molecular complexity index is 373. The molecule has 1 aliphatic rings. The van der Waals surface area contributed by atoms with Crippen LogP contribution >= 0.6 is 11.6 Å². The molecule has 0 aromatic carbocycles. The van der Waals surface area contributed by atoms with Crippen molar-refractivity contribution in [3.63, 3.8) is 0 Å². The zero-order valence-corrected chi connectivity index (χ0v) is 10.4. The van der Waals surface area contributed by atoms with Gasteiger partial charge in [0.05, 0.1) is 11.6 Å². The Morgan fingerprint density at radius 3 is 2.56 bits per heavy atom. The molecule has 16 heavy (non-hydrogen) atoms. The van der Waals surface area contributed by atoms with Gasteiger partial charge in [-0.05, 0) is 23.5 Å². The number of aliphatic hydroxyl groups is 1. The minimum atomic E-state index is -0.0141. The van der Waals surface area contributed by atoms with E-state index in [2.05, 4.69) is 23.7 Å². The molecule has 2 atom stereocenters. The highest BCUT2D eigenvalue weighted by Crippen LogP contribution is 2.31. The van der Waals surface area contributed by atoms with Gasteiger partial charge in [-0.3, -0.25) is 0 Å². The summed E-state index contributed by atoms with van der Waals surface area (Å²) >= 11 is 6.17. The molecule has 1 aromatic heterocycles. The lowest BCUT2D eigenvalue weighted by Gasteiger charge is -2.18. The zero-order chi connectivity index (χ0) is 11.7. The van der Waals surface area contributed by atoms with E-state index in [0.717, 1.165) is 24.5 Å². The summed E-state index contributed by atoms with van der Waals surface area (Å²) in [6.45, 7) is 6.50. The molecule has 88 valence electrons. The molecule has 0 bridgehead atoms. The van der Waals surface area contributed by atoms with Crippen molar-refractivity contribution in [2.45, 2.75) is 20.5 Å². The Morgan fingerprint density at radius 1 is 1.44 bits per heavy atom. The Kier molecular flexibility index (Phi) is 3.36. The summed E-state index contributed by atoms with van der Waals surface area (Å²) in [5.74, 6) is 2.20. The van der Waals surface area contributed by atoms with E-state index in [4.69, 9.17) is 16.7 Å². The fourth-order valence-corrected chi connectivity index (χ4v) is 2.40. The van der Waals surface area contributed by atoms with Crippen LogP contribution < -0.4 is 4.90 Å². The quantitative estimate of drug-likeness (QED) is 0.862. The van der Waals surface area contributed by atoms with E-state index < -0.39 is 0 Å². The van der Waals surface area contributed by atoms with Gasteiger partial charge in [0.1, 0.15) is 5.82 Å². The summed E-state index contributed by atoms with van der Waals surface area (Å²) in [6.07, 6.45) is 1.69. The predicted octanol–water partition coefficient (Wildman–Crippen LogP) is 2.32. The second-order valence-corrected chi connectivity index (χ2v) is 5.07. The zero-order valence-electron chi connectivity index (χ0n) is 9.65. The van der Waals surface area contributed by atoms with Gasteiger partial charge >= 0.3 is 0 Å². The highest BCUT2D eigenvalue weighted by molar-refractivity contribution is 6.33. The number of rotatable bonds is 2.